The molecule has 0 spiro atoms. The van der Waals surface area contributed by atoms with Crippen LogP contribution in [-0.4, -0.2) is 48.5 Å². The fraction of sp³-hybridized carbons (Fsp3) is 0.929. The van der Waals surface area contributed by atoms with Crippen LogP contribution >= 0.6 is 12.6 Å². The van der Waals surface area contributed by atoms with Gasteiger partial charge in [0, 0.05) is 30.8 Å². The molecule has 0 unspecified atom stereocenters. The lowest BCUT2D eigenvalue weighted by Crippen LogP contribution is -2.59. The average molecular weight is 288 g/mol. The van der Waals surface area contributed by atoms with E-state index in [4.69, 9.17) is 4.74 Å². The number of ether oxygens (including phenoxy) is 1. The molecule has 0 atom stereocenters. The number of carbonyl (C=O) groups excluding carboxylic acids is 1. The van der Waals surface area contributed by atoms with Crippen molar-refractivity contribution in [3.63, 3.8) is 0 Å². The van der Waals surface area contributed by atoms with Crippen LogP contribution in [0.3, 0.4) is 0 Å². The zero-order valence-electron chi connectivity index (χ0n) is 12.7. The van der Waals surface area contributed by atoms with Gasteiger partial charge in [0.15, 0.2) is 0 Å². The van der Waals surface area contributed by atoms with Crippen LogP contribution < -0.4 is 5.32 Å². The van der Waals surface area contributed by atoms with E-state index in [0.29, 0.717) is 0 Å². The van der Waals surface area contributed by atoms with Crippen LogP contribution in [0.1, 0.15) is 40.5 Å². The van der Waals surface area contributed by atoms with Crippen LogP contribution in [0.15, 0.2) is 0 Å². The van der Waals surface area contributed by atoms with Crippen LogP contribution in [0.2, 0.25) is 0 Å². The fourth-order valence-corrected chi connectivity index (χ4v) is 2.49. The second-order valence-electron chi connectivity index (χ2n) is 6.41. The molecule has 1 heterocycles. The Kier molecular flexibility index (Phi) is 5.99. The summed E-state index contributed by atoms with van der Waals surface area (Å²) in [6.45, 7) is 11.5. The molecule has 0 aromatic carbocycles. The summed E-state index contributed by atoms with van der Waals surface area (Å²) in [7, 11) is 0. The third-order valence-electron chi connectivity index (χ3n) is 3.57. The van der Waals surface area contributed by atoms with Gasteiger partial charge >= 0.3 is 6.09 Å². The van der Waals surface area contributed by atoms with Crippen molar-refractivity contribution in [2.75, 3.05) is 31.9 Å². The van der Waals surface area contributed by atoms with Crippen molar-refractivity contribution in [1.29, 1.82) is 0 Å². The maximum absolute atomic E-state index is 11.9. The molecule has 0 aromatic heterocycles. The Morgan fingerprint density at radius 2 is 2.00 bits per heavy atom. The Labute approximate surface area is 122 Å². The van der Waals surface area contributed by atoms with Gasteiger partial charge in [-0.15, -0.1) is 0 Å². The van der Waals surface area contributed by atoms with E-state index in [1.807, 2.05) is 25.7 Å². The highest BCUT2D eigenvalue weighted by molar-refractivity contribution is 7.80. The van der Waals surface area contributed by atoms with Gasteiger partial charge in [-0.05, 0) is 40.2 Å². The SMILES string of the molecule is CCC1(CCNCCS)CN(C(=O)OC(C)(C)C)C1. The number of thiol groups is 1. The zero-order chi connectivity index (χ0) is 14.5. The van der Waals surface area contributed by atoms with E-state index in [1.54, 1.807) is 0 Å². The van der Waals surface area contributed by atoms with Crippen molar-refractivity contribution in [1.82, 2.24) is 10.2 Å². The average Bonchev–Trinajstić information content (AvgIpc) is 2.24. The molecule has 5 heteroatoms. The number of likely N-dealkylation sites (tertiary alicyclic amines) is 1. The first-order valence-electron chi connectivity index (χ1n) is 7.11. The standard InChI is InChI=1S/C14H28N2O2S/c1-5-14(6-7-15-8-9-19)10-16(11-14)12(17)18-13(2,3)4/h15,19H,5-11H2,1-4H3. The normalized spacial score (nSPS) is 18.1. The molecule has 0 bridgehead atoms. The molecule has 19 heavy (non-hydrogen) atoms. The van der Waals surface area contributed by atoms with E-state index in [-0.39, 0.29) is 11.5 Å². The quantitative estimate of drug-likeness (QED) is 0.583. The third-order valence-corrected chi connectivity index (χ3v) is 3.80. The van der Waals surface area contributed by atoms with E-state index in [2.05, 4.69) is 24.9 Å². The molecule has 1 aliphatic rings. The van der Waals surface area contributed by atoms with Crippen molar-refractivity contribution in [2.45, 2.75) is 46.1 Å². The first-order valence-corrected chi connectivity index (χ1v) is 7.75. The molecule has 4 nitrogen and oxygen atoms in total. The second kappa shape index (κ2) is 6.84. The first-order chi connectivity index (χ1) is 8.82. The van der Waals surface area contributed by atoms with Gasteiger partial charge in [-0.2, -0.15) is 12.6 Å². The number of amides is 1. The molecular formula is C14H28N2O2S. The molecule has 0 saturated carbocycles. The highest BCUT2D eigenvalue weighted by Crippen LogP contribution is 2.37. The van der Waals surface area contributed by atoms with E-state index in [9.17, 15) is 4.79 Å². The van der Waals surface area contributed by atoms with E-state index in [0.717, 1.165) is 44.8 Å². The van der Waals surface area contributed by atoms with Crippen LogP contribution in [0.4, 0.5) is 4.79 Å². The van der Waals surface area contributed by atoms with Crippen molar-refractivity contribution in [3.8, 4) is 0 Å². The second-order valence-corrected chi connectivity index (χ2v) is 6.86. The first kappa shape index (κ1) is 16.6. The topological polar surface area (TPSA) is 41.6 Å². The molecule has 0 radical (unpaired) electrons. The van der Waals surface area contributed by atoms with Crippen LogP contribution in [0.5, 0.6) is 0 Å². The lowest BCUT2D eigenvalue weighted by atomic mass is 9.75. The number of nitrogens with zero attached hydrogens (tertiary/aromatic N) is 1. The summed E-state index contributed by atoms with van der Waals surface area (Å²) in [5.74, 6) is 0.864. The van der Waals surface area contributed by atoms with Crippen LogP contribution in [0.25, 0.3) is 0 Å². The Hall–Kier alpha value is -0.420. The summed E-state index contributed by atoms with van der Waals surface area (Å²) in [5, 5.41) is 3.36. The number of hydrogen-bond acceptors (Lipinski definition) is 4. The number of hydrogen-bond donors (Lipinski definition) is 2. The summed E-state index contributed by atoms with van der Waals surface area (Å²) >= 11 is 4.17. The Morgan fingerprint density at radius 3 is 2.47 bits per heavy atom. The minimum absolute atomic E-state index is 0.181. The van der Waals surface area contributed by atoms with E-state index >= 15 is 0 Å². The summed E-state index contributed by atoms with van der Waals surface area (Å²) in [4.78, 5) is 13.7. The maximum atomic E-state index is 11.9. The Morgan fingerprint density at radius 1 is 1.37 bits per heavy atom. The number of carbonyl (C=O) groups is 1. The molecule has 0 aliphatic carbocycles. The van der Waals surface area contributed by atoms with Gasteiger partial charge in [-0.25, -0.2) is 4.79 Å². The van der Waals surface area contributed by atoms with Crippen molar-refractivity contribution in [2.24, 2.45) is 5.41 Å². The molecule has 1 amide bonds. The molecule has 1 saturated heterocycles. The lowest BCUT2D eigenvalue weighted by molar-refractivity contribution is -0.0388. The van der Waals surface area contributed by atoms with Crippen molar-refractivity contribution < 1.29 is 9.53 Å². The lowest BCUT2D eigenvalue weighted by Gasteiger charge is -2.50. The van der Waals surface area contributed by atoms with Gasteiger partial charge in [-0.1, -0.05) is 6.92 Å². The smallest absolute Gasteiger partial charge is 0.410 e. The van der Waals surface area contributed by atoms with E-state index < -0.39 is 5.60 Å². The van der Waals surface area contributed by atoms with Gasteiger partial charge in [0.05, 0.1) is 0 Å². The Balaban J connectivity index is 2.33. The minimum atomic E-state index is -0.407. The highest BCUT2D eigenvalue weighted by Gasteiger charge is 2.44. The zero-order valence-corrected chi connectivity index (χ0v) is 13.6. The molecule has 112 valence electrons. The van der Waals surface area contributed by atoms with Crippen LogP contribution in [-0.2, 0) is 4.74 Å². The van der Waals surface area contributed by atoms with Gasteiger partial charge < -0.3 is 15.0 Å². The summed E-state index contributed by atoms with van der Waals surface area (Å²) < 4.78 is 5.38. The predicted molar refractivity (Wildman–Crippen MR) is 81.9 cm³/mol. The Bertz CT molecular complexity index is 296. The molecule has 1 aliphatic heterocycles. The maximum Gasteiger partial charge on any atom is 0.410 e. The van der Waals surface area contributed by atoms with Gasteiger partial charge in [0.1, 0.15) is 5.60 Å². The molecule has 1 rings (SSSR count). The minimum Gasteiger partial charge on any atom is -0.444 e. The van der Waals surface area contributed by atoms with E-state index in [1.165, 1.54) is 0 Å². The van der Waals surface area contributed by atoms with Crippen molar-refractivity contribution >= 4 is 18.7 Å². The van der Waals surface area contributed by atoms with Gasteiger partial charge in [0.25, 0.3) is 0 Å². The molecular weight excluding hydrogens is 260 g/mol. The fourth-order valence-electron chi connectivity index (χ4n) is 2.34. The van der Waals surface area contributed by atoms with Crippen LogP contribution in [0, 0.1) is 5.41 Å². The number of nitrogens with one attached hydrogen (secondary N) is 1. The van der Waals surface area contributed by atoms with Gasteiger partial charge in [0.2, 0.25) is 0 Å². The predicted octanol–water partition coefficient (Wildman–Crippen LogP) is 2.54. The number of rotatable bonds is 6. The monoisotopic (exact) mass is 288 g/mol. The van der Waals surface area contributed by atoms with Gasteiger partial charge in [-0.3, -0.25) is 0 Å². The molecule has 1 fully saturated rings. The van der Waals surface area contributed by atoms with Crippen molar-refractivity contribution in [3.05, 3.63) is 0 Å². The summed E-state index contributed by atoms with van der Waals surface area (Å²) in [6, 6.07) is 0. The highest BCUT2D eigenvalue weighted by atomic mass is 32.1. The molecule has 0 aromatic rings. The third kappa shape index (κ3) is 5.22. The molecule has 1 N–H and O–H groups in total. The summed E-state index contributed by atoms with van der Waals surface area (Å²) in [5.41, 5.74) is -0.129. The summed E-state index contributed by atoms with van der Waals surface area (Å²) in [6.07, 6.45) is 2.03. The largest absolute Gasteiger partial charge is 0.444 e.